The van der Waals surface area contributed by atoms with E-state index in [0.717, 1.165) is 0 Å². The molecule has 1 aromatic carbocycles. The third-order valence-electron chi connectivity index (χ3n) is 1.74. The second-order valence-electron chi connectivity index (χ2n) is 2.93. The summed E-state index contributed by atoms with van der Waals surface area (Å²) < 4.78 is 45.1. The number of hydrogen-bond acceptors (Lipinski definition) is 3. The van der Waals surface area contributed by atoms with Gasteiger partial charge in [0.15, 0.2) is 12.9 Å². The first-order chi connectivity index (χ1) is 7.46. The van der Waals surface area contributed by atoms with Gasteiger partial charge in [-0.05, 0) is 12.1 Å². The van der Waals surface area contributed by atoms with Crippen molar-refractivity contribution in [1.29, 1.82) is 0 Å². The molecule has 0 bridgehead atoms. The number of hydrogen-bond donors (Lipinski definition) is 0. The van der Waals surface area contributed by atoms with Crippen LogP contribution in [0.5, 0.6) is 11.5 Å². The van der Waals surface area contributed by atoms with E-state index in [1.807, 2.05) is 0 Å². The van der Waals surface area contributed by atoms with Crippen molar-refractivity contribution >= 4 is 6.29 Å². The van der Waals surface area contributed by atoms with Gasteiger partial charge in [-0.3, -0.25) is 4.79 Å². The zero-order valence-electron chi connectivity index (χ0n) is 8.38. The Labute approximate surface area is 89.8 Å². The van der Waals surface area contributed by atoms with E-state index >= 15 is 0 Å². The number of benzene rings is 1. The molecule has 0 spiro atoms. The molecule has 0 aliphatic heterocycles. The van der Waals surface area contributed by atoms with Crippen molar-refractivity contribution < 1.29 is 27.4 Å². The average molecular weight is 234 g/mol. The van der Waals surface area contributed by atoms with E-state index in [2.05, 4.69) is 4.74 Å². The Morgan fingerprint density at radius 1 is 1.38 bits per heavy atom. The summed E-state index contributed by atoms with van der Waals surface area (Å²) in [6, 6.07) is 4.02. The van der Waals surface area contributed by atoms with Crippen LogP contribution in [0.25, 0.3) is 0 Å². The second-order valence-corrected chi connectivity index (χ2v) is 2.93. The summed E-state index contributed by atoms with van der Waals surface area (Å²) in [6.45, 7) is -1.44. The Balaban J connectivity index is 2.87. The van der Waals surface area contributed by atoms with Crippen molar-refractivity contribution in [3.8, 4) is 11.5 Å². The number of alkyl halides is 3. The number of halogens is 3. The number of ether oxygens (including phenoxy) is 2. The molecule has 0 unspecified atom stereocenters. The van der Waals surface area contributed by atoms with Crippen molar-refractivity contribution in [2.24, 2.45) is 0 Å². The SMILES string of the molecule is COc1ccc(C=O)c(OCC(F)(F)F)c1. The van der Waals surface area contributed by atoms with Crippen LogP contribution in [0.1, 0.15) is 10.4 Å². The quantitative estimate of drug-likeness (QED) is 0.750. The number of carbonyl (C=O) groups excluding carboxylic acids is 1. The highest BCUT2D eigenvalue weighted by Gasteiger charge is 2.28. The van der Waals surface area contributed by atoms with Crippen molar-refractivity contribution in [3.63, 3.8) is 0 Å². The molecule has 6 heteroatoms. The van der Waals surface area contributed by atoms with Crippen LogP contribution >= 0.6 is 0 Å². The van der Waals surface area contributed by atoms with Crippen LogP contribution in [0.3, 0.4) is 0 Å². The number of methoxy groups -OCH3 is 1. The molecule has 0 aliphatic rings. The minimum absolute atomic E-state index is 0.0463. The Hall–Kier alpha value is -1.72. The molecule has 88 valence electrons. The third kappa shape index (κ3) is 3.45. The Bertz CT molecular complexity index is 374. The van der Waals surface area contributed by atoms with Crippen LogP contribution in [0.15, 0.2) is 18.2 Å². The highest BCUT2D eigenvalue weighted by molar-refractivity contribution is 5.79. The maximum absolute atomic E-state index is 11.9. The Morgan fingerprint density at radius 3 is 2.56 bits per heavy atom. The van der Waals surface area contributed by atoms with Crippen LogP contribution < -0.4 is 9.47 Å². The van der Waals surface area contributed by atoms with Gasteiger partial charge in [-0.25, -0.2) is 0 Å². The standard InChI is InChI=1S/C10H9F3O3/c1-15-8-3-2-7(5-14)9(4-8)16-6-10(11,12)13/h2-5H,6H2,1H3. The zero-order valence-corrected chi connectivity index (χ0v) is 8.38. The molecular formula is C10H9F3O3. The highest BCUT2D eigenvalue weighted by atomic mass is 19.4. The topological polar surface area (TPSA) is 35.5 Å². The van der Waals surface area contributed by atoms with E-state index in [4.69, 9.17) is 4.74 Å². The molecule has 0 saturated heterocycles. The molecule has 0 aliphatic carbocycles. The predicted molar refractivity (Wildman–Crippen MR) is 49.9 cm³/mol. The van der Waals surface area contributed by atoms with Crippen molar-refractivity contribution in [2.75, 3.05) is 13.7 Å². The molecular weight excluding hydrogens is 225 g/mol. The molecule has 1 rings (SSSR count). The zero-order chi connectivity index (χ0) is 12.2. The summed E-state index contributed by atoms with van der Waals surface area (Å²) in [5, 5.41) is 0. The van der Waals surface area contributed by atoms with Gasteiger partial charge in [0.2, 0.25) is 0 Å². The van der Waals surface area contributed by atoms with Crippen molar-refractivity contribution in [1.82, 2.24) is 0 Å². The normalized spacial score (nSPS) is 11.0. The largest absolute Gasteiger partial charge is 0.497 e. The molecule has 0 fully saturated rings. The smallest absolute Gasteiger partial charge is 0.422 e. The number of rotatable bonds is 4. The van der Waals surface area contributed by atoms with Gasteiger partial charge in [-0.1, -0.05) is 0 Å². The van der Waals surface area contributed by atoms with Gasteiger partial charge in [0.25, 0.3) is 0 Å². The van der Waals surface area contributed by atoms with Gasteiger partial charge in [0.1, 0.15) is 11.5 Å². The monoisotopic (exact) mass is 234 g/mol. The fraction of sp³-hybridized carbons (Fsp3) is 0.300. The summed E-state index contributed by atoms with van der Waals surface area (Å²) in [5.74, 6) is 0.175. The van der Waals surface area contributed by atoms with Crippen LogP contribution in [0.4, 0.5) is 13.2 Å². The first kappa shape index (κ1) is 12.4. The Kier molecular flexibility index (Phi) is 3.76. The number of aldehydes is 1. The van der Waals surface area contributed by atoms with Crippen LogP contribution in [-0.2, 0) is 0 Å². The first-order valence-electron chi connectivity index (χ1n) is 4.29. The molecule has 0 radical (unpaired) electrons. The summed E-state index contributed by atoms with van der Waals surface area (Å²) in [6.07, 6.45) is -4.02. The summed E-state index contributed by atoms with van der Waals surface area (Å²) >= 11 is 0. The van der Waals surface area contributed by atoms with Gasteiger partial charge in [-0.15, -0.1) is 0 Å². The van der Waals surface area contributed by atoms with Gasteiger partial charge in [0, 0.05) is 6.07 Å². The predicted octanol–water partition coefficient (Wildman–Crippen LogP) is 2.45. The van der Waals surface area contributed by atoms with Crippen LogP contribution in [0.2, 0.25) is 0 Å². The minimum Gasteiger partial charge on any atom is -0.497 e. The fourth-order valence-corrected chi connectivity index (χ4v) is 1.02. The molecule has 1 aromatic rings. The second kappa shape index (κ2) is 4.87. The Morgan fingerprint density at radius 2 is 2.06 bits per heavy atom. The summed E-state index contributed by atoms with van der Waals surface area (Å²) in [7, 11) is 1.36. The first-order valence-corrected chi connectivity index (χ1v) is 4.29. The fourth-order valence-electron chi connectivity index (χ4n) is 1.02. The van der Waals surface area contributed by atoms with E-state index in [-0.39, 0.29) is 11.3 Å². The van der Waals surface area contributed by atoms with E-state index in [1.165, 1.54) is 25.3 Å². The summed E-state index contributed by atoms with van der Waals surface area (Å²) in [4.78, 5) is 10.5. The van der Waals surface area contributed by atoms with Crippen molar-refractivity contribution in [2.45, 2.75) is 6.18 Å². The molecule has 0 atom stereocenters. The van der Waals surface area contributed by atoms with E-state index in [1.54, 1.807) is 0 Å². The molecule has 16 heavy (non-hydrogen) atoms. The average Bonchev–Trinajstić information content (AvgIpc) is 2.25. The lowest BCUT2D eigenvalue weighted by atomic mass is 10.2. The highest BCUT2D eigenvalue weighted by Crippen LogP contribution is 2.25. The molecule has 0 aromatic heterocycles. The third-order valence-corrected chi connectivity index (χ3v) is 1.74. The number of carbonyl (C=O) groups is 1. The molecule has 0 heterocycles. The lowest BCUT2D eigenvalue weighted by Crippen LogP contribution is -2.19. The van der Waals surface area contributed by atoms with Gasteiger partial charge in [-0.2, -0.15) is 13.2 Å². The lowest BCUT2D eigenvalue weighted by Gasteiger charge is -2.11. The van der Waals surface area contributed by atoms with Crippen LogP contribution in [-0.4, -0.2) is 26.2 Å². The molecule has 0 saturated carbocycles. The maximum atomic E-state index is 11.9. The van der Waals surface area contributed by atoms with E-state index < -0.39 is 12.8 Å². The van der Waals surface area contributed by atoms with Crippen LogP contribution in [0, 0.1) is 0 Å². The van der Waals surface area contributed by atoms with Gasteiger partial charge >= 0.3 is 6.18 Å². The lowest BCUT2D eigenvalue weighted by molar-refractivity contribution is -0.153. The molecule has 0 N–H and O–H groups in total. The minimum atomic E-state index is -4.44. The van der Waals surface area contributed by atoms with E-state index in [9.17, 15) is 18.0 Å². The van der Waals surface area contributed by atoms with E-state index in [0.29, 0.717) is 12.0 Å². The molecule has 0 amide bonds. The maximum Gasteiger partial charge on any atom is 0.422 e. The van der Waals surface area contributed by atoms with Gasteiger partial charge < -0.3 is 9.47 Å². The van der Waals surface area contributed by atoms with Gasteiger partial charge in [0.05, 0.1) is 12.7 Å². The molecule has 3 nitrogen and oxygen atoms in total. The van der Waals surface area contributed by atoms with Crippen molar-refractivity contribution in [3.05, 3.63) is 23.8 Å². The summed E-state index contributed by atoms with van der Waals surface area (Å²) in [5.41, 5.74) is 0.0463.